The molecule has 0 saturated carbocycles. The summed E-state index contributed by atoms with van der Waals surface area (Å²) >= 11 is 0. The topological polar surface area (TPSA) is 99.0 Å². The summed E-state index contributed by atoms with van der Waals surface area (Å²) in [6.07, 6.45) is 2.29. The van der Waals surface area contributed by atoms with Gasteiger partial charge in [0.05, 0.1) is 36.0 Å². The van der Waals surface area contributed by atoms with E-state index in [1.165, 1.54) is 0 Å². The van der Waals surface area contributed by atoms with Gasteiger partial charge in [0.2, 0.25) is 5.95 Å². The number of pyridine rings is 1. The van der Waals surface area contributed by atoms with Crippen LogP contribution in [0.5, 0.6) is 5.75 Å². The van der Waals surface area contributed by atoms with Crippen molar-refractivity contribution >= 4 is 28.6 Å². The molecule has 6 rings (SSSR count). The van der Waals surface area contributed by atoms with Crippen molar-refractivity contribution < 1.29 is 14.6 Å². The zero-order valence-corrected chi connectivity index (χ0v) is 27.1. The summed E-state index contributed by atoms with van der Waals surface area (Å²) in [7, 11) is 3.83. The van der Waals surface area contributed by atoms with E-state index in [0.29, 0.717) is 29.0 Å². The number of imidazole rings is 1. The summed E-state index contributed by atoms with van der Waals surface area (Å²) in [6.45, 7) is 12.3. The third-order valence-electron chi connectivity index (χ3n) is 8.98. The van der Waals surface area contributed by atoms with Gasteiger partial charge in [-0.3, -0.25) is 20.0 Å². The molecule has 238 valence electrons. The normalized spacial score (nSPS) is 17.2. The van der Waals surface area contributed by atoms with E-state index in [0.717, 1.165) is 80.1 Å². The molecule has 2 aromatic heterocycles. The van der Waals surface area contributed by atoms with Crippen molar-refractivity contribution in [1.82, 2.24) is 24.3 Å². The maximum absolute atomic E-state index is 13.7. The Bertz CT molecular complexity index is 1660. The fourth-order valence-electron chi connectivity index (χ4n) is 6.59. The number of anilines is 2. The van der Waals surface area contributed by atoms with Gasteiger partial charge in [-0.25, -0.2) is 4.98 Å². The van der Waals surface area contributed by atoms with Gasteiger partial charge >= 0.3 is 0 Å². The molecule has 2 N–H and O–H groups in total. The highest BCUT2D eigenvalue weighted by atomic mass is 16.5. The first kappa shape index (κ1) is 31.0. The molecule has 1 amide bonds. The largest absolute Gasteiger partial charge is 0.496 e. The van der Waals surface area contributed by atoms with Crippen molar-refractivity contribution in [2.45, 2.75) is 51.8 Å². The Labute approximate surface area is 265 Å². The molecule has 45 heavy (non-hydrogen) atoms. The quantitative estimate of drug-likeness (QED) is 0.297. The minimum absolute atomic E-state index is 0.274. The van der Waals surface area contributed by atoms with E-state index < -0.39 is 5.60 Å². The van der Waals surface area contributed by atoms with Gasteiger partial charge in [0, 0.05) is 67.8 Å². The molecule has 0 atom stereocenters. The predicted octanol–water partition coefficient (Wildman–Crippen LogP) is 4.65. The number of likely N-dealkylation sites (N-methyl/N-ethyl adjacent to an activating group) is 1. The van der Waals surface area contributed by atoms with Crippen LogP contribution in [0, 0.1) is 6.92 Å². The molecule has 2 aliphatic rings. The molecular weight excluding hydrogens is 566 g/mol. The Morgan fingerprint density at radius 3 is 2.44 bits per heavy atom. The van der Waals surface area contributed by atoms with Crippen molar-refractivity contribution in [2.75, 3.05) is 63.6 Å². The number of fused-ring (bicyclic) bond motifs is 1. The fraction of sp³-hybridized carbons (Fsp3) is 0.457. The van der Waals surface area contributed by atoms with E-state index in [9.17, 15) is 9.90 Å². The first-order valence-corrected chi connectivity index (χ1v) is 15.9. The average Bonchev–Trinajstić information content (AvgIpc) is 3.35. The van der Waals surface area contributed by atoms with Crippen LogP contribution < -0.4 is 15.0 Å². The molecule has 2 fully saturated rings. The molecule has 10 heteroatoms. The third-order valence-corrected chi connectivity index (χ3v) is 8.98. The van der Waals surface area contributed by atoms with Gasteiger partial charge in [-0.05, 0) is 83.1 Å². The summed E-state index contributed by atoms with van der Waals surface area (Å²) in [5.41, 5.74) is 4.42. The molecule has 0 bridgehead atoms. The Kier molecular flexibility index (Phi) is 8.81. The van der Waals surface area contributed by atoms with Crippen LogP contribution in [0.4, 0.5) is 11.6 Å². The molecule has 2 aliphatic heterocycles. The number of piperazine rings is 1. The Morgan fingerprint density at radius 1 is 1.00 bits per heavy atom. The lowest BCUT2D eigenvalue weighted by Gasteiger charge is -2.42. The minimum atomic E-state index is -1.02. The van der Waals surface area contributed by atoms with Gasteiger partial charge in [0.1, 0.15) is 5.75 Å². The molecule has 0 aliphatic carbocycles. The highest BCUT2D eigenvalue weighted by Crippen LogP contribution is 2.31. The van der Waals surface area contributed by atoms with E-state index >= 15 is 0 Å². The maximum atomic E-state index is 13.7. The number of benzene rings is 2. The van der Waals surface area contributed by atoms with Crippen LogP contribution in [0.25, 0.3) is 22.3 Å². The number of piperidine rings is 1. The van der Waals surface area contributed by atoms with Crippen molar-refractivity contribution in [1.29, 1.82) is 0 Å². The number of hydrogen-bond acceptors (Lipinski definition) is 8. The number of amides is 1. The van der Waals surface area contributed by atoms with Crippen molar-refractivity contribution in [3.63, 3.8) is 0 Å². The van der Waals surface area contributed by atoms with Crippen molar-refractivity contribution in [3.8, 4) is 17.0 Å². The van der Waals surface area contributed by atoms with Crippen LogP contribution in [0.2, 0.25) is 0 Å². The van der Waals surface area contributed by atoms with Gasteiger partial charge in [0.25, 0.3) is 5.91 Å². The average molecular weight is 612 g/mol. The maximum Gasteiger partial charge on any atom is 0.258 e. The molecule has 0 unspecified atom stereocenters. The lowest BCUT2D eigenvalue weighted by molar-refractivity contribution is 0.0630. The third kappa shape index (κ3) is 6.98. The minimum Gasteiger partial charge on any atom is -0.496 e. The number of rotatable bonds is 8. The summed E-state index contributed by atoms with van der Waals surface area (Å²) in [6, 6.07) is 18.1. The second-order valence-corrected chi connectivity index (χ2v) is 13.1. The highest BCUT2D eigenvalue weighted by molar-refractivity contribution is 6.05. The Balaban J connectivity index is 1.25. The molecule has 0 spiro atoms. The number of carbonyl (C=O) groups excluding carboxylic acids is 1. The van der Waals surface area contributed by atoms with Gasteiger partial charge in [0.15, 0.2) is 0 Å². The second-order valence-electron chi connectivity index (χ2n) is 13.1. The molecule has 4 aromatic rings. The SMILES string of the molecule is COc1ccccc1-c1cc(C(=O)Nc2nc3ccc(N4CCC(N5CCN(C)CC5)CC4)cc3n2CC(C)(C)O)cc(C)n1. The molecule has 10 nitrogen and oxygen atoms in total. The van der Waals surface area contributed by atoms with Crippen LogP contribution in [0.1, 0.15) is 42.7 Å². The summed E-state index contributed by atoms with van der Waals surface area (Å²) < 4.78 is 7.46. The van der Waals surface area contributed by atoms with Gasteiger partial charge in [-0.2, -0.15) is 0 Å². The molecule has 2 aromatic carbocycles. The first-order chi connectivity index (χ1) is 21.6. The van der Waals surface area contributed by atoms with Crippen LogP contribution >= 0.6 is 0 Å². The fourth-order valence-corrected chi connectivity index (χ4v) is 6.59. The smallest absolute Gasteiger partial charge is 0.258 e. The van der Waals surface area contributed by atoms with Crippen LogP contribution in [0.15, 0.2) is 54.6 Å². The van der Waals surface area contributed by atoms with Gasteiger partial charge in [-0.15, -0.1) is 0 Å². The lowest BCUT2D eigenvalue weighted by Crippen LogP contribution is -2.52. The standard InChI is InChI=1S/C35H45N7O3/c1-24-20-25(21-30(36-24)28-8-6-7-9-32(28)45-5)33(43)38-34-37-29-11-10-27(22-31(29)42(34)23-35(2,3)44)40-14-12-26(13-15-40)41-18-16-39(4)17-19-41/h6-11,20-22,26,44H,12-19,23H2,1-5H3,(H,37,38,43). The number of methoxy groups -OCH3 is 1. The summed E-state index contributed by atoms with van der Waals surface area (Å²) in [4.78, 5) is 30.7. The second kappa shape index (κ2) is 12.8. The summed E-state index contributed by atoms with van der Waals surface area (Å²) in [5, 5.41) is 13.9. The summed E-state index contributed by atoms with van der Waals surface area (Å²) in [5.74, 6) is 0.791. The Hall–Kier alpha value is -3.99. The number of carbonyl (C=O) groups is 1. The number of nitrogens with zero attached hydrogens (tertiary/aromatic N) is 6. The van der Waals surface area contributed by atoms with Gasteiger partial charge < -0.3 is 24.2 Å². The van der Waals surface area contributed by atoms with Crippen molar-refractivity contribution in [2.24, 2.45) is 0 Å². The predicted molar refractivity (Wildman–Crippen MR) is 179 cm³/mol. The van der Waals surface area contributed by atoms with Gasteiger partial charge in [-0.1, -0.05) is 12.1 Å². The lowest BCUT2D eigenvalue weighted by atomic mass is 10.0. The van der Waals surface area contributed by atoms with E-state index in [1.807, 2.05) is 41.8 Å². The monoisotopic (exact) mass is 611 g/mol. The molecule has 4 heterocycles. The molecule has 0 radical (unpaired) electrons. The number of hydrogen-bond donors (Lipinski definition) is 2. The number of aromatic nitrogens is 3. The zero-order valence-electron chi connectivity index (χ0n) is 27.1. The van der Waals surface area contributed by atoms with Crippen LogP contribution in [0.3, 0.4) is 0 Å². The van der Waals surface area contributed by atoms with E-state index in [4.69, 9.17) is 9.72 Å². The highest BCUT2D eigenvalue weighted by Gasteiger charge is 2.28. The van der Waals surface area contributed by atoms with Crippen molar-refractivity contribution in [3.05, 3.63) is 65.9 Å². The van der Waals surface area contributed by atoms with E-state index in [2.05, 4.69) is 44.2 Å². The molecular formula is C35H45N7O3. The molecule has 2 saturated heterocycles. The zero-order chi connectivity index (χ0) is 31.7. The first-order valence-electron chi connectivity index (χ1n) is 15.9. The number of ether oxygens (including phenoxy) is 1. The Morgan fingerprint density at radius 2 is 1.73 bits per heavy atom. The van der Waals surface area contributed by atoms with Crippen LogP contribution in [-0.2, 0) is 6.54 Å². The number of nitrogens with one attached hydrogen (secondary N) is 1. The van der Waals surface area contributed by atoms with Crippen LogP contribution in [-0.4, -0.2) is 100 Å². The number of para-hydroxylation sites is 1. The number of aryl methyl sites for hydroxylation is 1. The van der Waals surface area contributed by atoms with E-state index in [-0.39, 0.29) is 12.5 Å². The van der Waals surface area contributed by atoms with E-state index in [1.54, 1.807) is 33.1 Å². The number of aliphatic hydroxyl groups is 1.